The highest BCUT2D eigenvalue weighted by molar-refractivity contribution is 7.92. The van der Waals surface area contributed by atoms with Gasteiger partial charge in [-0.25, -0.2) is 8.42 Å². The van der Waals surface area contributed by atoms with Crippen LogP contribution in [0.2, 0.25) is 5.02 Å². The average molecular weight is 284 g/mol. The van der Waals surface area contributed by atoms with Crippen molar-refractivity contribution in [3.8, 4) is 0 Å². The Morgan fingerprint density at radius 2 is 2.06 bits per heavy atom. The van der Waals surface area contributed by atoms with Gasteiger partial charge in [0.25, 0.3) is 10.0 Å². The fourth-order valence-corrected chi connectivity index (χ4v) is 2.54. The molecule has 1 aromatic heterocycles. The van der Waals surface area contributed by atoms with Crippen LogP contribution in [0, 0.1) is 0 Å². The van der Waals surface area contributed by atoms with Gasteiger partial charge in [-0.15, -0.1) is 0 Å². The summed E-state index contributed by atoms with van der Waals surface area (Å²) in [6, 6.07) is 7.54. The molecule has 0 saturated carbocycles. The van der Waals surface area contributed by atoms with Crippen molar-refractivity contribution in [2.24, 2.45) is 0 Å². The fourth-order valence-electron chi connectivity index (χ4n) is 1.33. The number of nitrogen functional groups attached to an aromatic ring is 1. The molecule has 5 nitrogen and oxygen atoms in total. The number of aromatic nitrogens is 1. The van der Waals surface area contributed by atoms with Gasteiger partial charge in [-0.3, -0.25) is 9.71 Å². The molecule has 0 fully saturated rings. The zero-order chi connectivity index (χ0) is 13.2. The standard InChI is InChI=1S/C11H10ClN3O2S/c12-8-3-4-10(13)11(6-8)15-18(16,17)9-2-1-5-14-7-9/h1-7,15H,13H2. The van der Waals surface area contributed by atoms with E-state index >= 15 is 0 Å². The van der Waals surface area contributed by atoms with E-state index < -0.39 is 10.0 Å². The smallest absolute Gasteiger partial charge is 0.263 e. The summed E-state index contributed by atoms with van der Waals surface area (Å²) < 4.78 is 26.4. The second-order valence-corrected chi connectivity index (χ2v) is 5.64. The van der Waals surface area contributed by atoms with Gasteiger partial charge < -0.3 is 5.73 Å². The minimum absolute atomic E-state index is 0.0596. The summed E-state index contributed by atoms with van der Waals surface area (Å²) in [6.45, 7) is 0. The van der Waals surface area contributed by atoms with Gasteiger partial charge in [0.05, 0.1) is 11.4 Å². The fraction of sp³-hybridized carbons (Fsp3) is 0. The van der Waals surface area contributed by atoms with Crippen molar-refractivity contribution in [2.45, 2.75) is 4.90 Å². The number of sulfonamides is 1. The van der Waals surface area contributed by atoms with Crippen LogP contribution in [0.25, 0.3) is 0 Å². The first kappa shape index (κ1) is 12.7. The molecule has 0 aliphatic heterocycles. The first-order valence-electron chi connectivity index (χ1n) is 4.97. The van der Waals surface area contributed by atoms with E-state index in [0.29, 0.717) is 10.7 Å². The van der Waals surface area contributed by atoms with E-state index in [1.54, 1.807) is 6.07 Å². The molecule has 3 N–H and O–H groups in total. The quantitative estimate of drug-likeness (QED) is 0.845. The molecule has 0 aliphatic carbocycles. The molecule has 0 amide bonds. The van der Waals surface area contributed by atoms with Crippen LogP contribution in [-0.4, -0.2) is 13.4 Å². The Kier molecular flexibility index (Phi) is 3.40. The Bertz CT molecular complexity index is 659. The van der Waals surface area contributed by atoms with Crippen LogP contribution < -0.4 is 10.5 Å². The van der Waals surface area contributed by atoms with Crippen LogP contribution in [0.3, 0.4) is 0 Å². The Morgan fingerprint density at radius 3 is 2.72 bits per heavy atom. The van der Waals surface area contributed by atoms with E-state index in [4.69, 9.17) is 17.3 Å². The number of hydrogen-bond acceptors (Lipinski definition) is 4. The lowest BCUT2D eigenvalue weighted by atomic mass is 10.3. The highest BCUT2D eigenvalue weighted by Crippen LogP contribution is 2.25. The van der Waals surface area contributed by atoms with Gasteiger partial charge in [0.15, 0.2) is 0 Å². The number of nitrogens with two attached hydrogens (primary N) is 1. The molecule has 0 spiro atoms. The summed E-state index contributed by atoms with van der Waals surface area (Å²) in [7, 11) is -3.70. The van der Waals surface area contributed by atoms with E-state index in [1.165, 1.54) is 36.7 Å². The molecule has 94 valence electrons. The zero-order valence-corrected chi connectivity index (χ0v) is 10.7. The molecule has 18 heavy (non-hydrogen) atoms. The van der Waals surface area contributed by atoms with Crippen LogP contribution in [0.1, 0.15) is 0 Å². The van der Waals surface area contributed by atoms with Crippen molar-refractivity contribution < 1.29 is 8.42 Å². The molecule has 0 saturated heterocycles. The predicted molar refractivity (Wildman–Crippen MR) is 70.9 cm³/mol. The minimum atomic E-state index is -3.70. The zero-order valence-electron chi connectivity index (χ0n) is 9.17. The normalized spacial score (nSPS) is 11.2. The summed E-state index contributed by atoms with van der Waals surface area (Å²) in [4.78, 5) is 3.82. The summed E-state index contributed by atoms with van der Waals surface area (Å²) in [5.74, 6) is 0. The first-order valence-corrected chi connectivity index (χ1v) is 6.83. The van der Waals surface area contributed by atoms with E-state index in [0.717, 1.165) is 0 Å². The van der Waals surface area contributed by atoms with Crippen molar-refractivity contribution in [2.75, 3.05) is 10.5 Å². The third-order valence-electron chi connectivity index (χ3n) is 2.20. The summed E-state index contributed by atoms with van der Waals surface area (Å²) in [5, 5.41) is 0.396. The highest BCUT2D eigenvalue weighted by atomic mass is 35.5. The lowest BCUT2D eigenvalue weighted by molar-refractivity contribution is 0.601. The maximum Gasteiger partial charge on any atom is 0.263 e. The summed E-state index contributed by atoms with van der Waals surface area (Å²) in [5.41, 5.74) is 6.21. The van der Waals surface area contributed by atoms with Gasteiger partial charge in [-0.2, -0.15) is 0 Å². The van der Waals surface area contributed by atoms with Crippen LogP contribution >= 0.6 is 11.6 Å². The van der Waals surface area contributed by atoms with Gasteiger partial charge in [-0.05, 0) is 30.3 Å². The van der Waals surface area contributed by atoms with E-state index in [9.17, 15) is 8.42 Å². The Balaban J connectivity index is 2.37. The van der Waals surface area contributed by atoms with Crippen LogP contribution in [0.4, 0.5) is 11.4 Å². The molecule has 2 rings (SSSR count). The molecular weight excluding hydrogens is 274 g/mol. The van der Waals surface area contributed by atoms with Gasteiger partial charge in [0.2, 0.25) is 0 Å². The monoisotopic (exact) mass is 283 g/mol. The van der Waals surface area contributed by atoms with E-state index in [1.807, 2.05) is 0 Å². The molecule has 1 aromatic carbocycles. The number of anilines is 2. The van der Waals surface area contributed by atoms with Gasteiger partial charge in [-0.1, -0.05) is 11.6 Å². The number of rotatable bonds is 3. The SMILES string of the molecule is Nc1ccc(Cl)cc1NS(=O)(=O)c1cccnc1. The molecule has 0 radical (unpaired) electrons. The molecule has 0 atom stereocenters. The molecule has 0 unspecified atom stereocenters. The average Bonchev–Trinajstić information content (AvgIpc) is 2.35. The molecule has 2 aromatic rings. The number of halogens is 1. The molecule has 7 heteroatoms. The van der Waals surface area contributed by atoms with Crippen molar-refractivity contribution in [1.82, 2.24) is 4.98 Å². The van der Waals surface area contributed by atoms with Crippen LogP contribution in [-0.2, 0) is 10.0 Å². The highest BCUT2D eigenvalue weighted by Gasteiger charge is 2.15. The third-order valence-corrected chi connectivity index (χ3v) is 3.79. The third kappa shape index (κ3) is 2.72. The van der Waals surface area contributed by atoms with E-state index in [2.05, 4.69) is 9.71 Å². The van der Waals surface area contributed by atoms with Crippen molar-refractivity contribution in [1.29, 1.82) is 0 Å². The van der Waals surface area contributed by atoms with Crippen LogP contribution in [0.5, 0.6) is 0 Å². The van der Waals surface area contributed by atoms with Gasteiger partial charge in [0.1, 0.15) is 4.90 Å². The minimum Gasteiger partial charge on any atom is -0.397 e. The maximum absolute atomic E-state index is 12.0. The van der Waals surface area contributed by atoms with Crippen molar-refractivity contribution in [3.05, 3.63) is 47.7 Å². The molecule has 1 heterocycles. The van der Waals surface area contributed by atoms with Crippen molar-refractivity contribution in [3.63, 3.8) is 0 Å². The number of pyridine rings is 1. The predicted octanol–water partition coefficient (Wildman–Crippen LogP) is 2.12. The Hall–Kier alpha value is -1.79. The number of nitrogens with zero attached hydrogens (tertiary/aromatic N) is 1. The lowest BCUT2D eigenvalue weighted by Gasteiger charge is -2.10. The molecule has 0 aliphatic rings. The second-order valence-electron chi connectivity index (χ2n) is 3.53. The number of hydrogen-bond donors (Lipinski definition) is 2. The van der Waals surface area contributed by atoms with Crippen LogP contribution in [0.15, 0.2) is 47.6 Å². The first-order chi connectivity index (χ1) is 8.49. The Labute approximate surface area is 110 Å². The topological polar surface area (TPSA) is 85.1 Å². The second kappa shape index (κ2) is 4.83. The summed E-state index contributed by atoms with van der Waals surface area (Å²) in [6.07, 6.45) is 2.75. The number of benzene rings is 1. The largest absolute Gasteiger partial charge is 0.397 e. The maximum atomic E-state index is 12.0. The number of nitrogens with one attached hydrogen (secondary N) is 1. The van der Waals surface area contributed by atoms with E-state index in [-0.39, 0.29) is 10.6 Å². The lowest BCUT2D eigenvalue weighted by Crippen LogP contribution is -2.14. The molecule has 0 bridgehead atoms. The molecular formula is C11H10ClN3O2S. The van der Waals surface area contributed by atoms with Gasteiger partial charge >= 0.3 is 0 Å². The van der Waals surface area contributed by atoms with Gasteiger partial charge in [0, 0.05) is 17.4 Å². The summed E-state index contributed by atoms with van der Waals surface area (Å²) >= 11 is 5.79. The Morgan fingerprint density at radius 1 is 1.28 bits per heavy atom. The van der Waals surface area contributed by atoms with Crippen molar-refractivity contribution >= 4 is 33.0 Å².